The molecule has 144 valence electrons. The Morgan fingerprint density at radius 2 is 1.75 bits per heavy atom. The Morgan fingerprint density at radius 3 is 2.50 bits per heavy atom. The number of para-hydroxylation sites is 2. The van der Waals surface area contributed by atoms with Crippen LogP contribution < -0.4 is 10.3 Å². The van der Waals surface area contributed by atoms with Crippen molar-refractivity contribution in [2.24, 2.45) is 7.05 Å². The average Bonchev–Trinajstić information content (AvgIpc) is 3.17. The van der Waals surface area contributed by atoms with Crippen molar-refractivity contribution in [3.8, 4) is 5.69 Å². The molecule has 2 aromatic heterocycles. The number of aromatic nitrogens is 3. The summed E-state index contributed by atoms with van der Waals surface area (Å²) in [5.41, 5.74) is 1.52. The second-order valence-electron chi connectivity index (χ2n) is 6.42. The predicted octanol–water partition coefficient (Wildman–Crippen LogP) is 2.57. The predicted molar refractivity (Wildman–Crippen MR) is 106 cm³/mol. The van der Waals surface area contributed by atoms with Crippen LogP contribution in [0.2, 0.25) is 0 Å². The van der Waals surface area contributed by atoms with Crippen LogP contribution in [0, 0.1) is 6.92 Å². The van der Waals surface area contributed by atoms with Gasteiger partial charge in [-0.15, -0.1) is 0 Å². The summed E-state index contributed by atoms with van der Waals surface area (Å²) >= 11 is 0. The lowest BCUT2D eigenvalue weighted by Crippen LogP contribution is -2.23. The van der Waals surface area contributed by atoms with E-state index in [4.69, 9.17) is 4.52 Å². The summed E-state index contributed by atoms with van der Waals surface area (Å²) < 4.78 is 36.1. The molecule has 4 rings (SSSR count). The number of fused-ring (bicyclic) bond motifs is 1. The number of hydrogen-bond acceptors (Lipinski definition) is 5. The Bertz CT molecular complexity index is 1320. The van der Waals surface area contributed by atoms with Crippen LogP contribution >= 0.6 is 0 Å². The minimum Gasteiger partial charge on any atom is -0.356 e. The number of nitrogens with one attached hydrogen (secondary N) is 1. The zero-order chi connectivity index (χ0) is 19.9. The highest BCUT2D eigenvalue weighted by atomic mass is 32.2. The van der Waals surface area contributed by atoms with E-state index in [-0.39, 0.29) is 5.69 Å². The number of nitrogens with zero attached hydrogens (tertiary/aromatic N) is 3. The lowest BCUT2D eigenvalue weighted by molar-refractivity contribution is 0.448. The van der Waals surface area contributed by atoms with Gasteiger partial charge >= 0.3 is 0 Å². The Labute approximate surface area is 161 Å². The summed E-state index contributed by atoms with van der Waals surface area (Å²) in [5, 5.41) is 4.48. The van der Waals surface area contributed by atoms with Gasteiger partial charge in [0.1, 0.15) is 17.1 Å². The van der Waals surface area contributed by atoms with Gasteiger partial charge in [0.15, 0.2) is 5.58 Å². The van der Waals surface area contributed by atoms with Gasteiger partial charge in [-0.05, 0) is 31.2 Å². The van der Waals surface area contributed by atoms with Crippen molar-refractivity contribution >= 4 is 26.7 Å². The molecule has 0 saturated carbocycles. The molecule has 0 amide bonds. The van der Waals surface area contributed by atoms with Crippen LogP contribution in [-0.2, 0) is 22.8 Å². The molecular formula is C19H18N4O4S. The van der Waals surface area contributed by atoms with Crippen molar-refractivity contribution in [1.29, 1.82) is 0 Å². The van der Waals surface area contributed by atoms with Crippen LogP contribution in [0.25, 0.3) is 16.7 Å². The van der Waals surface area contributed by atoms with E-state index in [1.54, 1.807) is 55.1 Å². The summed E-state index contributed by atoms with van der Waals surface area (Å²) in [6.45, 7) is 1.68. The van der Waals surface area contributed by atoms with Crippen LogP contribution in [0.4, 0.5) is 5.69 Å². The molecule has 8 nitrogen and oxygen atoms in total. The number of sulfonamides is 1. The van der Waals surface area contributed by atoms with Gasteiger partial charge < -0.3 is 4.52 Å². The zero-order valence-corrected chi connectivity index (χ0v) is 16.1. The highest BCUT2D eigenvalue weighted by Gasteiger charge is 2.23. The van der Waals surface area contributed by atoms with Crippen molar-refractivity contribution in [3.05, 3.63) is 76.3 Å². The van der Waals surface area contributed by atoms with Gasteiger partial charge in [0.25, 0.3) is 5.56 Å². The smallest absolute Gasteiger partial charge is 0.296 e. The van der Waals surface area contributed by atoms with Gasteiger partial charge in [-0.1, -0.05) is 35.5 Å². The molecular weight excluding hydrogens is 380 g/mol. The number of rotatable bonds is 5. The molecule has 0 atom stereocenters. The molecule has 1 N–H and O–H groups in total. The lowest BCUT2D eigenvalue weighted by Gasteiger charge is -2.07. The molecule has 0 spiro atoms. The largest absolute Gasteiger partial charge is 0.356 e. The minimum absolute atomic E-state index is 0.0131. The van der Waals surface area contributed by atoms with Gasteiger partial charge in [-0.3, -0.25) is 14.2 Å². The number of benzene rings is 2. The van der Waals surface area contributed by atoms with E-state index in [2.05, 4.69) is 9.88 Å². The first-order valence-electron chi connectivity index (χ1n) is 8.55. The summed E-state index contributed by atoms with van der Waals surface area (Å²) in [6.07, 6.45) is 0. The van der Waals surface area contributed by atoms with Crippen LogP contribution in [-0.4, -0.2) is 22.9 Å². The van der Waals surface area contributed by atoms with E-state index < -0.39 is 21.3 Å². The SMILES string of the molecule is Cc1c(NS(=O)(=O)Cc2noc3ccccc23)c(=O)n(-c2ccccc2)n1C. The van der Waals surface area contributed by atoms with Crippen molar-refractivity contribution < 1.29 is 12.9 Å². The molecule has 2 aromatic carbocycles. The molecule has 0 aliphatic carbocycles. The van der Waals surface area contributed by atoms with E-state index in [1.807, 2.05) is 18.2 Å². The lowest BCUT2D eigenvalue weighted by atomic mass is 10.2. The fourth-order valence-corrected chi connectivity index (χ4v) is 4.29. The maximum atomic E-state index is 12.9. The molecule has 2 heterocycles. The molecule has 0 bridgehead atoms. The second kappa shape index (κ2) is 6.68. The average molecular weight is 398 g/mol. The molecule has 0 unspecified atom stereocenters. The van der Waals surface area contributed by atoms with Crippen LogP contribution in [0.1, 0.15) is 11.4 Å². The Morgan fingerprint density at radius 1 is 1.07 bits per heavy atom. The van der Waals surface area contributed by atoms with Crippen molar-refractivity contribution in [1.82, 2.24) is 14.5 Å². The maximum Gasteiger partial charge on any atom is 0.296 e. The summed E-state index contributed by atoms with van der Waals surface area (Å²) in [4.78, 5) is 12.9. The van der Waals surface area contributed by atoms with Gasteiger partial charge in [-0.25, -0.2) is 13.1 Å². The summed E-state index contributed by atoms with van der Waals surface area (Å²) in [5.74, 6) is -0.400. The van der Waals surface area contributed by atoms with Gasteiger partial charge in [0.05, 0.1) is 11.4 Å². The summed E-state index contributed by atoms with van der Waals surface area (Å²) in [6, 6.07) is 16.0. The highest BCUT2D eigenvalue weighted by Crippen LogP contribution is 2.21. The van der Waals surface area contributed by atoms with E-state index in [9.17, 15) is 13.2 Å². The van der Waals surface area contributed by atoms with Crippen molar-refractivity contribution in [3.63, 3.8) is 0 Å². The first kappa shape index (κ1) is 18.1. The quantitative estimate of drug-likeness (QED) is 0.557. The first-order chi connectivity index (χ1) is 13.4. The fraction of sp³-hybridized carbons (Fsp3) is 0.158. The topological polar surface area (TPSA) is 99.1 Å². The molecule has 28 heavy (non-hydrogen) atoms. The van der Waals surface area contributed by atoms with E-state index >= 15 is 0 Å². The monoisotopic (exact) mass is 398 g/mol. The molecule has 9 heteroatoms. The Balaban J connectivity index is 1.70. The van der Waals surface area contributed by atoms with Crippen molar-refractivity contribution in [2.45, 2.75) is 12.7 Å². The Hall–Kier alpha value is -3.33. The third kappa shape index (κ3) is 3.09. The molecule has 0 aliphatic rings. The summed E-state index contributed by atoms with van der Waals surface area (Å²) in [7, 11) is -2.18. The van der Waals surface area contributed by atoms with Crippen molar-refractivity contribution in [2.75, 3.05) is 4.72 Å². The third-order valence-corrected chi connectivity index (χ3v) is 5.76. The second-order valence-corrected chi connectivity index (χ2v) is 8.15. The molecule has 0 radical (unpaired) electrons. The van der Waals surface area contributed by atoms with Crippen LogP contribution in [0.3, 0.4) is 0 Å². The standard InChI is InChI=1S/C19H18N4O4S/c1-13-18(19(24)23(22(13)2)14-8-4-3-5-9-14)21-28(25,26)12-16-15-10-6-7-11-17(15)27-20-16/h3-11,21H,12H2,1-2H3. The van der Waals surface area contributed by atoms with E-state index in [0.717, 1.165) is 0 Å². The van der Waals surface area contributed by atoms with Gasteiger partial charge in [0.2, 0.25) is 10.0 Å². The highest BCUT2D eigenvalue weighted by molar-refractivity contribution is 7.91. The third-order valence-electron chi connectivity index (χ3n) is 4.59. The number of hydrogen-bond donors (Lipinski definition) is 1. The van der Waals surface area contributed by atoms with Crippen LogP contribution in [0.5, 0.6) is 0 Å². The Kier molecular flexibility index (Phi) is 4.31. The molecule has 0 saturated heterocycles. The maximum absolute atomic E-state index is 12.9. The minimum atomic E-state index is -3.88. The first-order valence-corrected chi connectivity index (χ1v) is 10.2. The number of anilines is 1. The van der Waals surface area contributed by atoms with E-state index in [0.29, 0.717) is 28.0 Å². The molecule has 0 fully saturated rings. The zero-order valence-electron chi connectivity index (χ0n) is 15.3. The van der Waals surface area contributed by atoms with Crippen LogP contribution in [0.15, 0.2) is 63.9 Å². The van der Waals surface area contributed by atoms with Gasteiger partial charge in [-0.2, -0.15) is 0 Å². The van der Waals surface area contributed by atoms with Gasteiger partial charge in [0, 0.05) is 12.4 Å². The fourth-order valence-electron chi connectivity index (χ4n) is 3.10. The van der Waals surface area contributed by atoms with E-state index in [1.165, 1.54) is 4.68 Å². The molecule has 0 aliphatic heterocycles. The normalized spacial score (nSPS) is 11.8. The molecule has 4 aromatic rings.